The maximum Gasteiger partial charge on any atom is 0.159 e. The zero-order valence-electron chi connectivity index (χ0n) is 10.5. The predicted octanol–water partition coefficient (Wildman–Crippen LogP) is 3.84. The van der Waals surface area contributed by atoms with Crippen LogP contribution in [0.5, 0.6) is 0 Å². The van der Waals surface area contributed by atoms with Crippen LogP contribution >= 0.6 is 47.4 Å². The zero-order valence-corrected chi connectivity index (χ0v) is 13.7. The van der Waals surface area contributed by atoms with Crippen LogP contribution < -0.4 is 5.32 Å². The number of nitrogens with one attached hydrogen (secondary N) is 1. The van der Waals surface area contributed by atoms with Crippen LogP contribution in [0.2, 0.25) is 10.0 Å². The first-order valence-electron chi connectivity index (χ1n) is 5.76. The van der Waals surface area contributed by atoms with Gasteiger partial charge in [-0.3, -0.25) is 4.90 Å². The van der Waals surface area contributed by atoms with Crippen molar-refractivity contribution in [3.05, 3.63) is 33.8 Å². The van der Waals surface area contributed by atoms with E-state index < -0.39 is 0 Å². The lowest BCUT2D eigenvalue weighted by molar-refractivity contribution is 0.281. The maximum absolute atomic E-state index is 6.13. The number of halogens is 3. The van der Waals surface area contributed by atoms with Gasteiger partial charge in [0.25, 0.3) is 0 Å². The van der Waals surface area contributed by atoms with E-state index in [1.54, 1.807) is 17.8 Å². The van der Waals surface area contributed by atoms with Gasteiger partial charge < -0.3 is 5.32 Å². The number of hydrogen-bond acceptors (Lipinski definition) is 4. The quantitative estimate of drug-likeness (QED) is 0.906. The number of nitrogens with zero attached hydrogens (tertiary/aromatic N) is 2. The summed E-state index contributed by atoms with van der Waals surface area (Å²) in [6.45, 7) is 4.76. The SMILES string of the molecule is CCN1CN=C(SCc2ccc(Cl)cc2Cl)NC1.Cl. The number of benzene rings is 1. The molecule has 106 valence electrons. The van der Waals surface area contributed by atoms with Gasteiger partial charge in [-0.25, -0.2) is 4.99 Å². The molecule has 1 aromatic carbocycles. The molecule has 1 aromatic rings. The van der Waals surface area contributed by atoms with Crippen LogP contribution in [0, 0.1) is 0 Å². The Labute approximate surface area is 134 Å². The normalized spacial score (nSPS) is 15.4. The van der Waals surface area contributed by atoms with Gasteiger partial charge >= 0.3 is 0 Å². The van der Waals surface area contributed by atoms with Gasteiger partial charge in [-0.2, -0.15) is 0 Å². The molecule has 7 heteroatoms. The Kier molecular flexibility index (Phi) is 7.32. The van der Waals surface area contributed by atoms with Gasteiger partial charge in [0, 0.05) is 15.8 Å². The third kappa shape index (κ3) is 5.04. The second kappa shape index (κ2) is 8.22. The number of amidine groups is 1. The predicted molar refractivity (Wildman–Crippen MR) is 87.7 cm³/mol. The molecule has 0 aromatic heterocycles. The summed E-state index contributed by atoms with van der Waals surface area (Å²) in [6.07, 6.45) is 0. The molecular formula is C12H16Cl3N3S. The van der Waals surface area contributed by atoms with Gasteiger partial charge in [-0.1, -0.05) is 48.0 Å². The Balaban J connectivity index is 0.00000180. The molecule has 2 rings (SSSR count). The second-order valence-electron chi connectivity index (χ2n) is 3.95. The summed E-state index contributed by atoms with van der Waals surface area (Å²) in [5, 5.41) is 5.65. The smallest absolute Gasteiger partial charge is 0.159 e. The van der Waals surface area contributed by atoms with Crippen molar-refractivity contribution in [1.29, 1.82) is 0 Å². The highest BCUT2D eigenvalue weighted by Gasteiger charge is 2.11. The largest absolute Gasteiger partial charge is 0.352 e. The van der Waals surface area contributed by atoms with Gasteiger partial charge in [0.2, 0.25) is 0 Å². The summed E-state index contributed by atoms with van der Waals surface area (Å²) in [4.78, 5) is 6.69. The lowest BCUT2D eigenvalue weighted by Gasteiger charge is -2.25. The lowest BCUT2D eigenvalue weighted by Crippen LogP contribution is -2.41. The number of hydrogen-bond donors (Lipinski definition) is 1. The van der Waals surface area contributed by atoms with Crippen molar-refractivity contribution < 1.29 is 0 Å². The van der Waals surface area contributed by atoms with Crippen molar-refractivity contribution in [2.24, 2.45) is 4.99 Å². The molecule has 0 saturated carbocycles. The minimum Gasteiger partial charge on any atom is -0.352 e. The van der Waals surface area contributed by atoms with Crippen molar-refractivity contribution in [3.8, 4) is 0 Å². The van der Waals surface area contributed by atoms with Crippen molar-refractivity contribution in [1.82, 2.24) is 10.2 Å². The van der Waals surface area contributed by atoms with Crippen LogP contribution in [-0.2, 0) is 5.75 Å². The Morgan fingerprint density at radius 1 is 1.42 bits per heavy atom. The average Bonchev–Trinajstić information content (AvgIpc) is 2.38. The molecule has 0 fully saturated rings. The highest BCUT2D eigenvalue weighted by molar-refractivity contribution is 8.13. The van der Waals surface area contributed by atoms with Gasteiger partial charge in [-0.15, -0.1) is 12.4 Å². The molecule has 19 heavy (non-hydrogen) atoms. The standard InChI is InChI=1S/C12H15Cl2N3S.ClH/c1-2-17-7-15-12(16-8-17)18-6-9-3-4-10(13)5-11(9)14;/h3-5H,2,6-8H2,1H3,(H,15,16);1H. The van der Waals surface area contributed by atoms with Crippen molar-refractivity contribution in [3.63, 3.8) is 0 Å². The molecule has 0 aliphatic carbocycles. The van der Waals surface area contributed by atoms with Crippen LogP contribution in [0.25, 0.3) is 0 Å². The van der Waals surface area contributed by atoms with Crippen molar-refractivity contribution in [2.45, 2.75) is 12.7 Å². The van der Waals surface area contributed by atoms with Crippen LogP contribution in [0.4, 0.5) is 0 Å². The molecule has 0 saturated heterocycles. The van der Waals surface area contributed by atoms with Crippen molar-refractivity contribution in [2.75, 3.05) is 19.9 Å². The summed E-state index contributed by atoms with van der Waals surface area (Å²) in [7, 11) is 0. The van der Waals surface area contributed by atoms with E-state index in [9.17, 15) is 0 Å². The van der Waals surface area contributed by atoms with Gasteiger partial charge in [0.05, 0.1) is 13.3 Å². The van der Waals surface area contributed by atoms with Gasteiger partial charge in [0.15, 0.2) is 5.17 Å². The number of aliphatic imine (C=N–C) groups is 1. The van der Waals surface area contributed by atoms with E-state index in [0.717, 1.165) is 36.4 Å². The molecule has 1 aliphatic rings. The van der Waals surface area contributed by atoms with E-state index >= 15 is 0 Å². The van der Waals surface area contributed by atoms with E-state index in [0.29, 0.717) is 10.0 Å². The molecule has 0 atom stereocenters. The Morgan fingerprint density at radius 2 is 2.21 bits per heavy atom. The van der Waals surface area contributed by atoms with Crippen molar-refractivity contribution >= 4 is 52.5 Å². The maximum atomic E-state index is 6.13. The summed E-state index contributed by atoms with van der Waals surface area (Å²) < 4.78 is 0. The molecule has 1 heterocycles. The van der Waals surface area contributed by atoms with Gasteiger partial charge in [-0.05, 0) is 24.2 Å². The minimum atomic E-state index is 0. The highest BCUT2D eigenvalue weighted by atomic mass is 35.5. The first kappa shape index (κ1) is 16.9. The molecule has 3 nitrogen and oxygen atoms in total. The van der Waals surface area contributed by atoms with E-state index in [1.165, 1.54) is 0 Å². The summed E-state index contributed by atoms with van der Waals surface area (Å²) in [5.41, 5.74) is 1.08. The van der Waals surface area contributed by atoms with Crippen LogP contribution in [0.15, 0.2) is 23.2 Å². The van der Waals surface area contributed by atoms with E-state index in [2.05, 4.69) is 22.1 Å². The van der Waals surface area contributed by atoms with Crippen LogP contribution in [0.1, 0.15) is 12.5 Å². The second-order valence-corrected chi connectivity index (χ2v) is 5.76. The molecule has 0 amide bonds. The fourth-order valence-corrected chi connectivity index (χ4v) is 2.96. The zero-order chi connectivity index (χ0) is 13.0. The Hall–Kier alpha value is -0.130. The molecule has 1 N–H and O–H groups in total. The molecule has 0 spiro atoms. The fraction of sp³-hybridized carbons (Fsp3) is 0.417. The van der Waals surface area contributed by atoms with E-state index in [-0.39, 0.29) is 12.4 Å². The third-order valence-electron chi connectivity index (χ3n) is 2.69. The fourth-order valence-electron chi connectivity index (χ4n) is 1.54. The van der Waals surface area contributed by atoms with E-state index in [1.807, 2.05) is 12.1 Å². The first-order chi connectivity index (χ1) is 8.69. The highest BCUT2D eigenvalue weighted by Crippen LogP contribution is 2.25. The molecule has 1 aliphatic heterocycles. The van der Waals surface area contributed by atoms with E-state index in [4.69, 9.17) is 23.2 Å². The van der Waals surface area contributed by atoms with Gasteiger partial charge in [0.1, 0.15) is 0 Å². The molecule has 0 unspecified atom stereocenters. The lowest BCUT2D eigenvalue weighted by atomic mass is 10.2. The molecular weight excluding hydrogens is 325 g/mol. The summed E-state index contributed by atoms with van der Waals surface area (Å²) in [5.74, 6) is 0.800. The molecule has 0 bridgehead atoms. The monoisotopic (exact) mass is 339 g/mol. The number of thioether (sulfide) groups is 1. The summed E-state index contributed by atoms with van der Waals surface area (Å²) in [6, 6.07) is 5.59. The third-order valence-corrected chi connectivity index (χ3v) is 4.28. The Morgan fingerprint density at radius 3 is 2.79 bits per heavy atom. The minimum absolute atomic E-state index is 0. The number of rotatable bonds is 3. The first-order valence-corrected chi connectivity index (χ1v) is 7.50. The molecule has 0 radical (unpaired) electrons. The topological polar surface area (TPSA) is 27.6 Å². The summed E-state index contributed by atoms with van der Waals surface area (Å²) >= 11 is 13.7. The Bertz CT molecular complexity index is 454. The average molecular weight is 341 g/mol. The van der Waals surface area contributed by atoms with Crippen LogP contribution in [0.3, 0.4) is 0 Å². The van der Waals surface area contributed by atoms with Crippen LogP contribution in [-0.4, -0.2) is 29.9 Å².